The van der Waals surface area contributed by atoms with Crippen LogP contribution in [0.3, 0.4) is 0 Å². The number of hydrogen-bond donors (Lipinski definition) is 2. The van der Waals surface area contributed by atoms with Gasteiger partial charge in [0.05, 0.1) is 12.8 Å². The van der Waals surface area contributed by atoms with E-state index in [0.717, 1.165) is 28.6 Å². The molecule has 2 aromatic rings. The maximum absolute atomic E-state index is 5.72. The Morgan fingerprint density at radius 1 is 1.43 bits per heavy atom. The summed E-state index contributed by atoms with van der Waals surface area (Å²) in [5.41, 5.74) is 8.97. The van der Waals surface area contributed by atoms with Crippen molar-refractivity contribution in [1.82, 2.24) is 4.98 Å². The van der Waals surface area contributed by atoms with E-state index in [4.69, 9.17) is 15.5 Å². The maximum Gasteiger partial charge on any atom is 0.183 e. The Labute approximate surface area is 130 Å². The lowest BCUT2D eigenvalue weighted by Gasteiger charge is -2.13. The predicted octanol–water partition coefficient (Wildman–Crippen LogP) is 3.62. The number of thiazole rings is 1. The summed E-state index contributed by atoms with van der Waals surface area (Å²) < 4.78 is 5.51. The molecule has 0 aliphatic heterocycles. The minimum absolute atomic E-state index is 0.384. The average Bonchev–Trinajstić information content (AvgIpc) is 2.91. The van der Waals surface area contributed by atoms with E-state index in [1.54, 1.807) is 18.4 Å². The Morgan fingerprint density at radius 3 is 2.81 bits per heavy atom. The van der Waals surface area contributed by atoms with Crippen molar-refractivity contribution >= 4 is 16.5 Å². The zero-order chi connectivity index (χ0) is 15.4. The lowest BCUT2D eigenvalue weighted by molar-refractivity contribution is 0.416. The molecular formula is C16H23N3OS. The summed E-state index contributed by atoms with van der Waals surface area (Å²) in [5.74, 6) is 1.24. The number of nitrogens with zero attached hydrogens (tertiary/aromatic N) is 1. The van der Waals surface area contributed by atoms with Crippen LogP contribution in [0.2, 0.25) is 0 Å². The normalized spacial score (nSPS) is 12.2. The molecule has 0 fully saturated rings. The van der Waals surface area contributed by atoms with Crippen molar-refractivity contribution in [3.8, 4) is 17.0 Å². The summed E-state index contributed by atoms with van der Waals surface area (Å²) in [6.07, 6.45) is 0.951. The van der Waals surface area contributed by atoms with Gasteiger partial charge in [-0.25, -0.2) is 4.98 Å². The summed E-state index contributed by atoms with van der Waals surface area (Å²) in [4.78, 5) is 6.00. The van der Waals surface area contributed by atoms with Crippen LogP contribution in [-0.2, 0) is 0 Å². The van der Waals surface area contributed by atoms with E-state index in [2.05, 4.69) is 31.3 Å². The van der Waals surface area contributed by atoms with Crippen molar-refractivity contribution in [2.24, 2.45) is 5.73 Å². The number of nitrogens with one attached hydrogen (secondary N) is 1. The molecule has 0 saturated carbocycles. The van der Waals surface area contributed by atoms with E-state index < -0.39 is 0 Å². The van der Waals surface area contributed by atoms with Crippen LogP contribution >= 0.6 is 11.3 Å². The number of hydrogen-bond acceptors (Lipinski definition) is 5. The van der Waals surface area contributed by atoms with Crippen molar-refractivity contribution in [1.29, 1.82) is 0 Å². The van der Waals surface area contributed by atoms with Gasteiger partial charge in [0.25, 0.3) is 0 Å². The van der Waals surface area contributed by atoms with Gasteiger partial charge in [0, 0.05) is 17.5 Å². The molecule has 21 heavy (non-hydrogen) atoms. The molecule has 4 nitrogen and oxygen atoms in total. The summed E-state index contributed by atoms with van der Waals surface area (Å²) in [6, 6.07) is 6.18. The summed E-state index contributed by atoms with van der Waals surface area (Å²) in [5, 5.41) is 4.07. The molecule has 0 amide bonds. The van der Waals surface area contributed by atoms with Gasteiger partial charge < -0.3 is 15.8 Å². The molecule has 0 aliphatic rings. The third-order valence-electron chi connectivity index (χ3n) is 3.52. The van der Waals surface area contributed by atoms with E-state index in [9.17, 15) is 0 Å². The van der Waals surface area contributed by atoms with Crippen molar-refractivity contribution < 1.29 is 4.74 Å². The molecule has 0 saturated heterocycles. The molecule has 0 radical (unpaired) electrons. The van der Waals surface area contributed by atoms with Gasteiger partial charge in [-0.05, 0) is 37.9 Å². The van der Waals surface area contributed by atoms with Gasteiger partial charge >= 0.3 is 0 Å². The number of rotatable bonds is 6. The number of benzene rings is 1. The molecule has 3 N–H and O–H groups in total. The van der Waals surface area contributed by atoms with Crippen LogP contribution in [0.4, 0.5) is 5.13 Å². The number of methoxy groups -OCH3 is 1. The van der Waals surface area contributed by atoms with E-state index >= 15 is 0 Å². The number of ether oxygens (including phenoxy) is 1. The largest absolute Gasteiger partial charge is 0.496 e. The first-order chi connectivity index (χ1) is 10.1. The predicted molar refractivity (Wildman–Crippen MR) is 90.5 cm³/mol. The highest BCUT2D eigenvalue weighted by Gasteiger charge is 2.20. The maximum atomic E-state index is 5.72. The third-order valence-corrected chi connectivity index (χ3v) is 4.83. The summed E-state index contributed by atoms with van der Waals surface area (Å²) in [6.45, 7) is 4.96. The first-order valence-corrected chi connectivity index (χ1v) is 7.95. The van der Waals surface area contributed by atoms with Gasteiger partial charge in [0.2, 0.25) is 0 Å². The number of aryl methyl sites for hydroxylation is 1. The standard InChI is InChI=1S/C16H23N3OS/c1-10-5-6-13(20-4)12(9-10)14-15(11(2)7-8-17)21-16(18-3)19-14/h5-6,9,11H,7-8,17H2,1-4H3,(H,18,19). The smallest absolute Gasteiger partial charge is 0.183 e. The van der Waals surface area contributed by atoms with Gasteiger partial charge in [0.15, 0.2) is 5.13 Å². The van der Waals surface area contributed by atoms with Gasteiger partial charge in [-0.15, -0.1) is 11.3 Å². The van der Waals surface area contributed by atoms with Gasteiger partial charge in [0.1, 0.15) is 5.75 Å². The molecule has 0 aliphatic carbocycles. The highest BCUT2D eigenvalue weighted by atomic mass is 32.1. The lowest BCUT2D eigenvalue weighted by Crippen LogP contribution is -2.04. The molecule has 2 rings (SSSR count). The van der Waals surface area contributed by atoms with Crippen LogP contribution in [-0.4, -0.2) is 25.7 Å². The zero-order valence-corrected chi connectivity index (χ0v) is 13.9. The second kappa shape index (κ2) is 6.91. The molecule has 114 valence electrons. The van der Waals surface area contributed by atoms with Crippen molar-refractivity contribution in [3.05, 3.63) is 28.6 Å². The molecule has 1 aromatic heterocycles. The molecule has 0 bridgehead atoms. The fourth-order valence-corrected chi connectivity index (χ4v) is 3.37. The SMILES string of the molecule is CNc1nc(-c2cc(C)ccc2OC)c(C(C)CCN)s1. The molecule has 1 heterocycles. The monoisotopic (exact) mass is 305 g/mol. The molecule has 1 unspecified atom stereocenters. The van der Waals surface area contributed by atoms with E-state index in [1.165, 1.54) is 10.4 Å². The van der Waals surface area contributed by atoms with Crippen LogP contribution in [0.25, 0.3) is 11.3 Å². The topological polar surface area (TPSA) is 60.2 Å². The zero-order valence-electron chi connectivity index (χ0n) is 13.1. The van der Waals surface area contributed by atoms with Crippen molar-refractivity contribution in [3.63, 3.8) is 0 Å². The van der Waals surface area contributed by atoms with Crippen LogP contribution < -0.4 is 15.8 Å². The summed E-state index contributed by atoms with van der Waals surface area (Å²) >= 11 is 1.69. The van der Waals surface area contributed by atoms with E-state index in [-0.39, 0.29) is 0 Å². The Hall–Kier alpha value is -1.59. The first-order valence-electron chi connectivity index (χ1n) is 7.14. The van der Waals surface area contributed by atoms with Crippen molar-refractivity contribution in [2.45, 2.75) is 26.2 Å². The fourth-order valence-electron chi connectivity index (χ4n) is 2.35. The Kier molecular flexibility index (Phi) is 5.20. The van der Waals surface area contributed by atoms with E-state index in [0.29, 0.717) is 12.5 Å². The lowest BCUT2D eigenvalue weighted by atomic mass is 9.99. The first kappa shape index (κ1) is 15.8. The number of aromatic nitrogens is 1. The molecular weight excluding hydrogens is 282 g/mol. The second-order valence-corrected chi connectivity index (χ2v) is 6.19. The van der Waals surface area contributed by atoms with Crippen molar-refractivity contribution in [2.75, 3.05) is 26.0 Å². The number of nitrogens with two attached hydrogens (primary N) is 1. The van der Waals surface area contributed by atoms with Crippen LogP contribution in [0.5, 0.6) is 5.75 Å². The highest BCUT2D eigenvalue weighted by Crippen LogP contribution is 2.41. The fraction of sp³-hybridized carbons (Fsp3) is 0.438. The highest BCUT2D eigenvalue weighted by molar-refractivity contribution is 7.16. The Balaban J connectivity index is 2.57. The van der Waals surface area contributed by atoms with E-state index in [1.807, 2.05) is 13.1 Å². The van der Waals surface area contributed by atoms with Crippen LogP contribution in [0, 0.1) is 6.92 Å². The minimum Gasteiger partial charge on any atom is -0.496 e. The Morgan fingerprint density at radius 2 is 2.19 bits per heavy atom. The molecule has 0 spiro atoms. The average molecular weight is 305 g/mol. The number of anilines is 1. The summed E-state index contributed by atoms with van der Waals surface area (Å²) in [7, 11) is 3.59. The van der Waals surface area contributed by atoms with Gasteiger partial charge in [-0.2, -0.15) is 0 Å². The van der Waals surface area contributed by atoms with Gasteiger partial charge in [-0.1, -0.05) is 18.6 Å². The third kappa shape index (κ3) is 3.36. The quantitative estimate of drug-likeness (QED) is 0.855. The minimum atomic E-state index is 0.384. The second-order valence-electron chi connectivity index (χ2n) is 5.16. The van der Waals surface area contributed by atoms with Crippen LogP contribution in [0.1, 0.15) is 29.7 Å². The Bertz CT molecular complexity index is 610. The molecule has 5 heteroatoms. The molecule has 1 atom stereocenters. The van der Waals surface area contributed by atoms with Gasteiger partial charge in [-0.3, -0.25) is 0 Å². The molecule has 1 aromatic carbocycles. The van der Waals surface area contributed by atoms with Crippen LogP contribution in [0.15, 0.2) is 18.2 Å².